The second kappa shape index (κ2) is 5.77. The van der Waals surface area contributed by atoms with Gasteiger partial charge in [0.2, 0.25) is 0 Å². The largest absolute Gasteiger partial charge is 0.381 e. The molecule has 1 aromatic carbocycles. The van der Waals surface area contributed by atoms with E-state index < -0.39 is 0 Å². The summed E-state index contributed by atoms with van der Waals surface area (Å²) in [5.41, 5.74) is 7.08. The third-order valence-corrected chi connectivity index (χ3v) is 4.19. The van der Waals surface area contributed by atoms with E-state index in [9.17, 15) is 0 Å². The van der Waals surface area contributed by atoms with E-state index in [2.05, 4.69) is 0 Å². The molecule has 1 aliphatic heterocycles. The molecule has 1 aromatic rings. The number of hydrogen-bond acceptors (Lipinski definition) is 2. The van der Waals surface area contributed by atoms with Gasteiger partial charge >= 0.3 is 0 Å². The van der Waals surface area contributed by atoms with Crippen LogP contribution in [-0.4, -0.2) is 13.2 Å². The normalized spacial score (nSPS) is 19.3. The smallest absolute Gasteiger partial charge is 0.0641 e. The van der Waals surface area contributed by atoms with Crippen molar-refractivity contribution in [2.24, 2.45) is 11.7 Å². The molecule has 1 aliphatic rings. The van der Waals surface area contributed by atoms with Gasteiger partial charge in [-0.05, 0) is 36.5 Å². The number of benzene rings is 1. The van der Waals surface area contributed by atoms with Gasteiger partial charge in [-0.15, -0.1) is 0 Å². The maximum Gasteiger partial charge on any atom is 0.0641 e. The van der Waals surface area contributed by atoms with Gasteiger partial charge in [-0.2, -0.15) is 0 Å². The van der Waals surface area contributed by atoms with Crippen LogP contribution in [0.5, 0.6) is 0 Å². The summed E-state index contributed by atoms with van der Waals surface area (Å²) >= 11 is 18.2. The third kappa shape index (κ3) is 3.07. The molecule has 0 radical (unpaired) electrons. The first-order chi connectivity index (χ1) is 8.09. The standard InChI is InChI=1S/C12H14Cl3NO/c13-8-5-9(11(15)10(14)6-8)12(16)7-1-3-17-4-2-7/h5-7,12H,1-4,16H2/t12-/m0/s1. The molecule has 0 amide bonds. The molecule has 0 aliphatic carbocycles. The van der Waals surface area contributed by atoms with E-state index >= 15 is 0 Å². The lowest BCUT2D eigenvalue weighted by molar-refractivity contribution is 0.0584. The Hall–Kier alpha value is 0.01000. The molecule has 0 saturated carbocycles. The molecule has 94 valence electrons. The minimum Gasteiger partial charge on any atom is -0.381 e. The van der Waals surface area contributed by atoms with Crippen molar-refractivity contribution >= 4 is 34.8 Å². The maximum absolute atomic E-state index is 6.25. The molecule has 1 atom stereocenters. The fourth-order valence-corrected chi connectivity index (χ4v) is 2.89. The Bertz CT molecular complexity index is 405. The number of nitrogens with two attached hydrogens (primary N) is 1. The monoisotopic (exact) mass is 293 g/mol. The summed E-state index contributed by atoms with van der Waals surface area (Å²) in [6.45, 7) is 1.51. The van der Waals surface area contributed by atoms with Crippen LogP contribution in [0.25, 0.3) is 0 Å². The van der Waals surface area contributed by atoms with Gasteiger partial charge in [0.25, 0.3) is 0 Å². The number of halogens is 3. The predicted molar refractivity (Wildman–Crippen MR) is 71.9 cm³/mol. The van der Waals surface area contributed by atoms with Crippen molar-refractivity contribution < 1.29 is 4.74 Å². The zero-order valence-electron chi connectivity index (χ0n) is 9.26. The van der Waals surface area contributed by atoms with Crippen LogP contribution in [0.3, 0.4) is 0 Å². The number of rotatable bonds is 2. The number of hydrogen-bond donors (Lipinski definition) is 1. The Labute approximate surface area is 116 Å². The summed E-state index contributed by atoms with van der Waals surface area (Å²) in [4.78, 5) is 0. The molecule has 0 spiro atoms. The van der Waals surface area contributed by atoms with Gasteiger partial charge in [-0.3, -0.25) is 0 Å². The summed E-state index contributed by atoms with van der Waals surface area (Å²) in [5.74, 6) is 0.371. The summed E-state index contributed by atoms with van der Waals surface area (Å²) in [5, 5.41) is 1.53. The summed E-state index contributed by atoms with van der Waals surface area (Å²) in [7, 11) is 0. The van der Waals surface area contributed by atoms with Crippen LogP contribution < -0.4 is 5.73 Å². The Morgan fingerprint density at radius 1 is 1.18 bits per heavy atom. The van der Waals surface area contributed by atoms with E-state index in [1.165, 1.54) is 0 Å². The lowest BCUT2D eigenvalue weighted by Crippen LogP contribution is -2.27. The molecule has 2 N–H and O–H groups in total. The Balaban J connectivity index is 2.26. The van der Waals surface area contributed by atoms with Gasteiger partial charge in [-0.25, -0.2) is 0 Å². The van der Waals surface area contributed by atoms with Gasteiger partial charge in [0.1, 0.15) is 0 Å². The first kappa shape index (κ1) is 13.4. The molecule has 0 bridgehead atoms. The fraction of sp³-hybridized carbons (Fsp3) is 0.500. The van der Waals surface area contributed by atoms with E-state index in [0.29, 0.717) is 21.0 Å². The summed E-state index contributed by atoms with van der Waals surface area (Å²) < 4.78 is 5.32. The van der Waals surface area contributed by atoms with Crippen LogP contribution in [0.15, 0.2) is 12.1 Å². The van der Waals surface area contributed by atoms with E-state index in [1.54, 1.807) is 12.1 Å². The van der Waals surface area contributed by atoms with Crippen LogP contribution >= 0.6 is 34.8 Å². The van der Waals surface area contributed by atoms with Crippen LogP contribution in [0.2, 0.25) is 15.1 Å². The second-order valence-electron chi connectivity index (χ2n) is 4.27. The van der Waals surface area contributed by atoms with E-state index in [1.807, 2.05) is 0 Å². The molecule has 2 nitrogen and oxygen atoms in total. The molecule has 2 rings (SSSR count). The van der Waals surface area contributed by atoms with Crippen molar-refractivity contribution in [3.8, 4) is 0 Å². The lowest BCUT2D eigenvalue weighted by atomic mass is 9.88. The van der Waals surface area contributed by atoms with Crippen LogP contribution in [0.1, 0.15) is 24.4 Å². The topological polar surface area (TPSA) is 35.2 Å². The molecule has 5 heteroatoms. The highest BCUT2D eigenvalue weighted by Crippen LogP contribution is 2.37. The highest BCUT2D eigenvalue weighted by Gasteiger charge is 2.25. The van der Waals surface area contributed by atoms with E-state index in [-0.39, 0.29) is 6.04 Å². The maximum atomic E-state index is 6.25. The van der Waals surface area contributed by atoms with Gasteiger partial charge in [-0.1, -0.05) is 34.8 Å². The second-order valence-corrected chi connectivity index (χ2v) is 5.49. The van der Waals surface area contributed by atoms with E-state index in [4.69, 9.17) is 45.3 Å². The van der Waals surface area contributed by atoms with Gasteiger partial charge in [0.15, 0.2) is 0 Å². The number of ether oxygens (including phenoxy) is 1. The average Bonchev–Trinajstić information content (AvgIpc) is 2.34. The minimum absolute atomic E-state index is 0.136. The molecule has 17 heavy (non-hydrogen) atoms. The first-order valence-electron chi connectivity index (χ1n) is 5.57. The Morgan fingerprint density at radius 2 is 1.82 bits per heavy atom. The van der Waals surface area contributed by atoms with Crippen molar-refractivity contribution in [2.45, 2.75) is 18.9 Å². The zero-order chi connectivity index (χ0) is 12.4. The van der Waals surface area contributed by atoms with Crippen molar-refractivity contribution in [2.75, 3.05) is 13.2 Å². The van der Waals surface area contributed by atoms with Gasteiger partial charge < -0.3 is 10.5 Å². The highest BCUT2D eigenvalue weighted by molar-refractivity contribution is 6.43. The predicted octanol–water partition coefficient (Wildman–Crippen LogP) is 4.07. The Morgan fingerprint density at radius 3 is 2.47 bits per heavy atom. The molecule has 1 heterocycles. The fourth-order valence-electron chi connectivity index (χ4n) is 2.15. The molecular formula is C12H14Cl3NO. The van der Waals surface area contributed by atoms with Crippen molar-refractivity contribution in [3.63, 3.8) is 0 Å². The average molecular weight is 295 g/mol. The van der Waals surface area contributed by atoms with Crippen molar-refractivity contribution in [1.82, 2.24) is 0 Å². The quantitative estimate of drug-likeness (QED) is 0.834. The molecule has 1 fully saturated rings. The van der Waals surface area contributed by atoms with Crippen LogP contribution in [0, 0.1) is 5.92 Å². The molecule has 1 saturated heterocycles. The minimum atomic E-state index is -0.136. The van der Waals surface area contributed by atoms with Gasteiger partial charge in [0, 0.05) is 24.3 Å². The van der Waals surface area contributed by atoms with Gasteiger partial charge in [0.05, 0.1) is 10.0 Å². The lowest BCUT2D eigenvalue weighted by Gasteiger charge is -2.28. The Kier molecular flexibility index (Phi) is 4.56. The van der Waals surface area contributed by atoms with Crippen LogP contribution in [0.4, 0.5) is 0 Å². The summed E-state index contributed by atoms with van der Waals surface area (Å²) in [6, 6.07) is 3.30. The molecular weight excluding hydrogens is 280 g/mol. The summed E-state index contributed by atoms with van der Waals surface area (Å²) in [6.07, 6.45) is 1.89. The first-order valence-corrected chi connectivity index (χ1v) is 6.70. The van der Waals surface area contributed by atoms with Crippen molar-refractivity contribution in [3.05, 3.63) is 32.8 Å². The zero-order valence-corrected chi connectivity index (χ0v) is 11.5. The van der Waals surface area contributed by atoms with E-state index in [0.717, 1.165) is 31.6 Å². The molecule has 0 aromatic heterocycles. The van der Waals surface area contributed by atoms with Crippen molar-refractivity contribution in [1.29, 1.82) is 0 Å². The van der Waals surface area contributed by atoms with Crippen LogP contribution in [-0.2, 0) is 4.74 Å². The highest BCUT2D eigenvalue weighted by atomic mass is 35.5. The third-order valence-electron chi connectivity index (χ3n) is 3.15. The SMILES string of the molecule is N[C@H](c1cc(Cl)cc(Cl)c1Cl)C1CCOCC1. The molecule has 0 unspecified atom stereocenters.